The van der Waals surface area contributed by atoms with Crippen LogP contribution in [0.4, 0.5) is 5.69 Å². The molecule has 1 atom stereocenters. The number of aryl methyl sites for hydroxylation is 1. The van der Waals surface area contributed by atoms with Crippen LogP contribution >= 0.6 is 0 Å². The second-order valence-electron chi connectivity index (χ2n) is 8.04. The molecule has 3 heterocycles. The lowest BCUT2D eigenvalue weighted by molar-refractivity contribution is -0.122. The Kier molecular flexibility index (Phi) is 7.97. The van der Waals surface area contributed by atoms with Crippen molar-refractivity contribution in [1.29, 1.82) is 0 Å². The minimum Gasteiger partial charge on any atom is -0.491 e. The number of aromatic nitrogens is 1. The summed E-state index contributed by atoms with van der Waals surface area (Å²) in [6.45, 7) is 6.86. The number of anilines is 1. The first kappa shape index (κ1) is 24.9. The van der Waals surface area contributed by atoms with E-state index in [0.717, 1.165) is 39.4 Å². The molecule has 5 rings (SSSR count). The van der Waals surface area contributed by atoms with E-state index in [2.05, 4.69) is 40.9 Å². The van der Waals surface area contributed by atoms with Crippen LogP contribution in [-0.2, 0) is 26.3 Å². The Morgan fingerprint density at radius 2 is 1.82 bits per heavy atom. The van der Waals surface area contributed by atoms with Gasteiger partial charge in [-0.05, 0) is 54.8 Å². The highest BCUT2D eigenvalue weighted by Crippen LogP contribution is 2.53. The minimum absolute atomic E-state index is 0.0567. The predicted molar refractivity (Wildman–Crippen MR) is 134 cm³/mol. The zero-order valence-corrected chi connectivity index (χ0v) is 20.1. The van der Waals surface area contributed by atoms with Crippen LogP contribution in [0.1, 0.15) is 34.9 Å². The van der Waals surface area contributed by atoms with Gasteiger partial charge in [0, 0.05) is 31.7 Å². The average molecular weight is 459 g/mol. The summed E-state index contributed by atoms with van der Waals surface area (Å²) in [6.07, 6.45) is 5.85. The van der Waals surface area contributed by atoms with E-state index in [4.69, 9.17) is 9.53 Å². The van der Waals surface area contributed by atoms with Gasteiger partial charge in [-0.15, -0.1) is 0 Å². The van der Waals surface area contributed by atoms with Crippen LogP contribution in [0.2, 0.25) is 0 Å². The number of para-hydroxylation sites is 1. The van der Waals surface area contributed by atoms with Crippen LogP contribution < -0.4 is 9.64 Å². The van der Waals surface area contributed by atoms with Crippen molar-refractivity contribution in [3.63, 3.8) is 0 Å². The summed E-state index contributed by atoms with van der Waals surface area (Å²) < 4.78 is 10.4. The smallest absolute Gasteiger partial charge is 0.246 e. The molecule has 34 heavy (non-hydrogen) atoms. The van der Waals surface area contributed by atoms with Crippen molar-refractivity contribution >= 4 is 24.5 Å². The van der Waals surface area contributed by atoms with Gasteiger partial charge in [-0.1, -0.05) is 42.5 Å². The number of nitrogens with zero attached hydrogens (tertiary/aromatic N) is 2. The number of benzene rings is 2. The molecule has 6 nitrogen and oxygen atoms in total. The first-order valence-electron chi connectivity index (χ1n) is 11.0. The Bertz CT molecular complexity index is 1180. The van der Waals surface area contributed by atoms with Gasteiger partial charge in [-0.3, -0.25) is 9.78 Å². The number of carbonyl (C=O) groups excluding carboxylic acids is 2. The number of fused-ring (bicyclic) bond motifs is 4. The van der Waals surface area contributed by atoms with Crippen molar-refractivity contribution < 1.29 is 19.1 Å². The number of hydrogen-bond acceptors (Lipinski definition) is 5. The summed E-state index contributed by atoms with van der Waals surface area (Å²) in [4.78, 5) is 28.2. The summed E-state index contributed by atoms with van der Waals surface area (Å²) >= 11 is 0. The summed E-state index contributed by atoms with van der Waals surface area (Å²) in [5.74, 6) is 0.854. The van der Waals surface area contributed by atoms with Crippen molar-refractivity contribution in [2.45, 2.75) is 25.8 Å². The molecule has 0 bridgehead atoms. The van der Waals surface area contributed by atoms with Crippen molar-refractivity contribution in [1.82, 2.24) is 4.98 Å². The highest BCUT2D eigenvalue weighted by Gasteiger charge is 2.56. The van der Waals surface area contributed by atoms with Gasteiger partial charge in [-0.2, -0.15) is 0 Å². The zero-order valence-electron chi connectivity index (χ0n) is 20.1. The van der Waals surface area contributed by atoms with E-state index in [0.29, 0.717) is 13.2 Å². The molecule has 1 amide bonds. The maximum atomic E-state index is 13.9. The van der Waals surface area contributed by atoms with Crippen molar-refractivity contribution in [3.8, 4) is 5.75 Å². The largest absolute Gasteiger partial charge is 0.491 e. The van der Waals surface area contributed by atoms with Crippen LogP contribution in [0, 0.1) is 6.92 Å². The number of rotatable bonds is 3. The van der Waals surface area contributed by atoms with Crippen LogP contribution in [0.3, 0.4) is 0 Å². The third-order valence-electron chi connectivity index (χ3n) is 5.93. The first-order valence-corrected chi connectivity index (χ1v) is 11.0. The molecule has 2 aromatic carbocycles. The second kappa shape index (κ2) is 10.9. The standard InChI is InChI=1S/C25H22N2O2.C2H6O.CH2O/c1-3-8-18-14-23-21(13-17(18)2)25(16-29-23)20-10-4-5-11-22(20)27(24(25)28)15-19-9-6-7-12-26-19;1-3-2;1-2/h3-14H,15-16H2,1-2H3;1-2H3;1H2/b8-3-;;. The highest BCUT2D eigenvalue weighted by atomic mass is 16.5. The van der Waals surface area contributed by atoms with Crippen LogP contribution in [0.5, 0.6) is 5.75 Å². The summed E-state index contributed by atoms with van der Waals surface area (Å²) in [5, 5.41) is 0. The van der Waals surface area contributed by atoms with Crippen molar-refractivity contribution in [2.24, 2.45) is 0 Å². The maximum Gasteiger partial charge on any atom is 0.246 e. The molecule has 2 aliphatic heterocycles. The number of methoxy groups -OCH3 is 1. The molecule has 6 heteroatoms. The molecular weight excluding hydrogens is 428 g/mol. The number of allylic oxidation sites excluding steroid dienone is 1. The number of carbonyl (C=O) groups is 2. The molecule has 1 unspecified atom stereocenters. The van der Waals surface area contributed by atoms with Gasteiger partial charge in [0.25, 0.3) is 0 Å². The lowest BCUT2D eigenvalue weighted by Gasteiger charge is -2.23. The Balaban J connectivity index is 0.000000603. The Labute approximate surface area is 200 Å². The van der Waals surface area contributed by atoms with E-state index in [1.807, 2.05) is 61.1 Å². The van der Waals surface area contributed by atoms with Gasteiger partial charge >= 0.3 is 0 Å². The van der Waals surface area contributed by atoms with Crippen LogP contribution in [0.25, 0.3) is 6.08 Å². The van der Waals surface area contributed by atoms with Crippen LogP contribution in [-0.4, -0.2) is 38.5 Å². The molecule has 0 fully saturated rings. The molecule has 1 aromatic heterocycles. The van der Waals surface area contributed by atoms with E-state index in [-0.39, 0.29) is 5.91 Å². The van der Waals surface area contributed by atoms with Crippen molar-refractivity contribution in [2.75, 3.05) is 25.7 Å². The fourth-order valence-electron chi connectivity index (χ4n) is 4.51. The van der Waals surface area contributed by atoms with Gasteiger partial charge in [0.15, 0.2) is 0 Å². The Morgan fingerprint density at radius 3 is 2.50 bits per heavy atom. The first-order chi connectivity index (χ1) is 16.6. The van der Waals surface area contributed by atoms with Crippen LogP contribution in [0.15, 0.2) is 66.9 Å². The second-order valence-corrected chi connectivity index (χ2v) is 8.04. The SMILES string of the molecule is C/C=C\c1cc2c(cc1C)C1(CO2)C(=O)N(Cc2ccccn2)c2ccccc21.C=O.COC. The fourth-order valence-corrected chi connectivity index (χ4v) is 4.51. The Morgan fingerprint density at radius 1 is 1.12 bits per heavy atom. The maximum absolute atomic E-state index is 13.9. The molecule has 0 aliphatic carbocycles. The van der Waals surface area contributed by atoms with Gasteiger partial charge in [0.05, 0.1) is 12.2 Å². The summed E-state index contributed by atoms with van der Waals surface area (Å²) in [5.41, 5.74) is 5.25. The van der Waals surface area contributed by atoms with E-state index < -0.39 is 5.41 Å². The molecular formula is C28H30N2O4. The molecule has 0 radical (unpaired) electrons. The minimum atomic E-state index is -0.792. The zero-order chi connectivity index (χ0) is 24.7. The molecule has 1 spiro atoms. The van der Waals surface area contributed by atoms with E-state index >= 15 is 0 Å². The van der Waals surface area contributed by atoms with E-state index in [9.17, 15) is 4.79 Å². The lowest BCUT2D eigenvalue weighted by atomic mass is 9.76. The highest BCUT2D eigenvalue weighted by molar-refractivity contribution is 6.11. The normalized spacial score (nSPS) is 17.4. The summed E-state index contributed by atoms with van der Waals surface area (Å²) in [6, 6.07) is 18.0. The van der Waals surface area contributed by atoms with Crippen molar-refractivity contribution in [3.05, 3.63) is 94.8 Å². The molecule has 0 saturated carbocycles. The number of pyridine rings is 1. The summed E-state index contributed by atoms with van der Waals surface area (Å²) in [7, 11) is 3.25. The quantitative estimate of drug-likeness (QED) is 0.568. The number of amides is 1. The van der Waals surface area contributed by atoms with Gasteiger partial charge in [-0.25, -0.2) is 0 Å². The molecule has 176 valence electrons. The third kappa shape index (κ3) is 4.24. The fraction of sp³-hybridized carbons (Fsp3) is 0.250. The van der Waals surface area contributed by atoms with Gasteiger partial charge in [0.2, 0.25) is 5.91 Å². The monoisotopic (exact) mass is 458 g/mol. The third-order valence-corrected chi connectivity index (χ3v) is 5.93. The number of ether oxygens (including phenoxy) is 2. The molecule has 2 aliphatic rings. The van der Waals surface area contributed by atoms with Gasteiger partial charge in [0.1, 0.15) is 24.6 Å². The molecule has 3 aromatic rings. The molecule has 0 saturated heterocycles. The Hall–Kier alpha value is -3.77. The van der Waals surface area contributed by atoms with E-state index in [1.54, 1.807) is 20.4 Å². The predicted octanol–water partition coefficient (Wildman–Crippen LogP) is 4.73. The number of hydrogen-bond donors (Lipinski definition) is 0. The lowest BCUT2D eigenvalue weighted by Crippen LogP contribution is -2.42. The topological polar surface area (TPSA) is 68.7 Å². The van der Waals surface area contributed by atoms with Gasteiger partial charge < -0.3 is 19.2 Å². The molecule has 0 N–H and O–H groups in total. The van der Waals surface area contributed by atoms with E-state index in [1.165, 1.54) is 0 Å². The average Bonchev–Trinajstić information content (AvgIpc) is 3.34.